The van der Waals surface area contributed by atoms with Crippen molar-refractivity contribution in [2.45, 2.75) is 32.6 Å². The number of piperidine rings is 1. The van der Waals surface area contributed by atoms with E-state index in [1.807, 2.05) is 36.1 Å². The number of hydrogen-bond donors (Lipinski definition) is 1. The first kappa shape index (κ1) is 19.1. The third kappa shape index (κ3) is 4.94. The van der Waals surface area contributed by atoms with Gasteiger partial charge in [0.15, 0.2) is 0 Å². The van der Waals surface area contributed by atoms with Gasteiger partial charge < -0.3 is 10.2 Å². The van der Waals surface area contributed by atoms with Crippen molar-refractivity contribution in [1.29, 1.82) is 0 Å². The lowest BCUT2D eigenvalue weighted by Gasteiger charge is -2.32. The van der Waals surface area contributed by atoms with Gasteiger partial charge in [0.2, 0.25) is 11.8 Å². The molecule has 4 nitrogen and oxygen atoms in total. The molecule has 1 N–H and O–H groups in total. The van der Waals surface area contributed by atoms with Gasteiger partial charge in [-0.3, -0.25) is 9.59 Å². The molecule has 0 saturated carbocycles. The summed E-state index contributed by atoms with van der Waals surface area (Å²) < 4.78 is 13.1. The van der Waals surface area contributed by atoms with Gasteiger partial charge in [0.05, 0.1) is 5.92 Å². The Morgan fingerprint density at radius 2 is 1.93 bits per heavy atom. The lowest BCUT2D eigenvalue weighted by molar-refractivity contribution is -0.134. The highest BCUT2D eigenvalue weighted by Crippen LogP contribution is 2.24. The summed E-state index contributed by atoms with van der Waals surface area (Å²) in [5.74, 6) is -0.384. The van der Waals surface area contributed by atoms with Gasteiger partial charge >= 0.3 is 0 Å². The number of rotatable bonds is 5. The summed E-state index contributed by atoms with van der Waals surface area (Å²) in [7, 11) is 0. The standard InChI is InChI=1S/C22H25FN2O2/c1-2-5-21(26)25-13-4-7-18(15-25)22(27)24-20-8-3-6-17(14-20)16-9-11-19(23)12-10-16/h3,6,8-12,14,18H,2,4-5,7,13,15H2,1H3,(H,24,27). The van der Waals surface area contributed by atoms with Crippen molar-refractivity contribution in [1.82, 2.24) is 4.90 Å². The van der Waals surface area contributed by atoms with Crippen LogP contribution in [0.4, 0.5) is 10.1 Å². The van der Waals surface area contributed by atoms with E-state index in [4.69, 9.17) is 0 Å². The molecule has 2 aromatic rings. The average Bonchev–Trinajstić information content (AvgIpc) is 2.69. The summed E-state index contributed by atoms with van der Waals surface area (Å²) in [6.45, 7) is 3.21. The lowest BCUT2D eigenvalue weighted by atomic mass is 9.96. The minimum absolute atomic E-state index is 0.0553. The molecule has 0 radical (unpaired) electrons. The zero-order valence-corrected chi connectivity index (χ0v) is 15.6. The topological polar surface area (TPSA) is 49.4 Å². The molecule has 5 heteroatoms. The van der Waals surface area contributed by atoms with Crippen molar-refractivity contribution in [3.63, 3.8) is 0 Å². The van der Waals surface area contributed by atoms with Crippen LogP contribution in [0.25, 0.3) is 11.1 Å². The SMILES string of the molecule is CCCC(=O)N1CCCC(C(=O)Nc2cccc(-c3ccc(F)cc3)c2)C1. The molecule has 3 rings (SSSR count). The Balaban J connectivity index is 1.66. The zero-order chi connectivity index (χ0) is 19.2. The largest absolute Gasteiger partial charge is 0.342 e. The Bertz CT molecular complexity index is 804. The summed E-state index contributed by atoms with van der Waals surface area (Å²) in [5.41, 5.74) is 2.51. The van der Waals surface area contributed by atoms with Crippen LogP contribution in [0.15, 0.2) is 48.5 Å². The summed E-state index contributed by atoms with van der Waals surface area (Å²) in [6, 6.07) is 13.8. The maximum absolute atomic E-state index is 13.1. The van der Waals surface area contributed by atoms with Crippen LogP contribution in [0.1, 0.15) is 32.6 Å². The first-order chi connectivity index (χ1) is 13.1. The van der Waals surface area contributed by atoms with E-state index in [2.05, 4.69) is 5.32 Å². The molecule has 1 aliphatic heterocycles. The van der Waals surface area contributed by atoms with Crippen LogP contribution in [0.3, 0.4) is 0 Å². The molecule has 0 aromatic heterocycles. The monoisotopic (exact) mass is 368 g/mol. The number of anilines is 1. The Labute approximate surface area is 159 Å². The van der Waals surface area contributed by atoms with Crippen molar-refractivity contribution >= 4 is 17.5 Å². The Kier molecular flexibility index (Phi) is 6.22. The van der Waals surface area contributed by atoms with Crippen LogP contribution in [0.5, 0.6) is 0 Å². The highest BCUT2D eigenvalue weighted by molar-refractivity contribution is 5.93. The van der Waals surface area contributed by atoms with E-state index in [1.54, 1.807) is 12.1 Å². The van der Waals surface area contributed by atoms with E-state index in [0.717, 1.165) is 36.9 Å². The molecular formula is C22H25FN2O2. The predicted molar refractivity (Wildman–Crippen MR) is 105 cm³/mol. The van der Waals surface area contributed by atoms with Crippen LogP contribution in [-0.2, 0) is 9.59 Å². The Morgan fingerprint density at radius 1 is 1.15 bits per heavy atom. The molecule has 1 atom stereocenters. The number of carbonyl (C=O) groups is 2. The number of carbonyl (C=O) groups excluding carboxylic acids is 2. The van der Waals surface area contributed by atoms with Gasteiger partial charge in [0.25, 0.3) is 0 Å². The third-order valence-electron chi connectivity index (χ3n) is 4.92. The number of nitrogens with one attached hydrogen (secondary N) is 1. The van der Waals surface area contributed by atoms with Crippen molar-refractivity contribution in [2.24, 2.45) is 5.92 Å². The van der Waals surface area contributed by atoms with Gasteiger partial charge in [-0.25, -0.2) is 4.39 Å². The maximum atomic E-state index is 13.1. The highest BCUT2D eigenvalue weighted by Gasteiger charge is 2.28. The minimum Gasteiger partial charge on any atom is -0.342 e. The van der Waals surface area contributed by atoms with Crippen molar-refractivity contribution in [2.75, 3.05) is 18.4 Å². The zero-order valence-electron chi connectivity index (χ0n) is 15.6. The normalized spacial score (nSPS) is 16.8. The van der Waals surface area contributed by atoms with Crippen LogP contribution < -0.4 is 5.32 Å². The Morgan fingerprint density at radius 3 is 2.67 bits per heavy atom. The summed E-state index contributed by atoms with van der Waals surface area (Å²) >= 11 is 0. The van der Waals surface area contributed by atoms with Crippen LogP contribution in [0, 0.1) is 11.7 Å². The van der Waals surface area contributed by atoms with Gasteiger partial charge in [-0.15, -0.1) is 0 Å². The van der Waals surface area contributed by atoms with Gasteiger partial charge in [-0.2, -0.15) is 0 Å². The summed E-state index contributed by atoms with van der Waals surface area (Å²) in [4.78, 5) is 26.6. The second-order valence-corrected chi connectivity index (χ2v) is 7.01. The molecular weight excluding hydrogens is 343 g/mol. The predicted octanol–water partition coefficient (Wildman–Crippen LogP) is 4.47. The number of hydrogen-bond acceptors (Lipinski definition) is 2. The molecule has 2 aromatic carbocycles. The molecule has 2 amide bonds. The van der Waals surface area contributed by atoms with Gasteiger partial charge in [-0.1, -0.05) is 31.2 Å². The fourth-order valence-electron chi connectivity index (χ4n) is 3.45. The van der Waals surface area contributed by atoms with Gasteiger partial charge in [0.1, 0.15) is 5.82 Å². The van der Waals surface area contributed by atoms with Gasteiger partial charge in [-0.05, 0) is 54.7 Å². The molecule has 1 unspecified atom stereocenters. The smallest absolute Gasteiger partial charge is 0.229 e. The van der Waals surface area contributed by atoms with Crippen LogP contribution >= 0.6 is 0 Å². The fraction of sp³-hybridized carbons (Fsp3) is 0.364. The molecule has 0 bridgehead atoms. The molecule has 1 fully saturated rings. The molecule has 0 spiro atoms. The fourth-order valence-corrected chi connectivity index (χ4v) is 3.45. The quantitative estimate of drug-likeness (QED) is 0.846. The molecule has 1 aliphatic rings. The van der Waals surface area contributed by atoms with Gasteiger partial charge in [0, 0.05) is 25.2 Å². The average molecular weight is 368 g/mol. The molecule has 27 heavy (non-hydrogen) atoms. The van der Waals surface area contributed by atoms with Crippen molar-refractivity contribution in [3.05, 3.63) is 54.3 Å². The van der Waals surface area contributed by atoms with E-state index in [1.165, 1.54) is 12.1 Å². The van der Waals surface area contributed by atoms with E-state index < -0.39 is 0 Å². The van der Waals surface area contributed by atoms with Crippen LogP contribution in [0.2, 0.25) is 0 Å². The molecule has 142 valence electrons. The highest BCUT2D eigenvalue weighted by atomic mass is 19.1. The number of amides is 2. The number of nitrogens with zero attached hydrogens (tertiary/aromatic N) is 1. The van der Waals surface area contributed by atoms with E-state index in [9.17, 15) is 14.0 Å². The number of benzene rings is 2. The maximum Gasteiger partial charge on any atom is 0.229 e. The summed E-state index contributed by atoms with van der Waals surface area (Å²) in [5, 5.41) is 2.97. The minimum atomic E-state index is -0.275. The second kappa shape index (κ2) is 8.80. The summed E-state index contributed by atoms with van der Waals surface area (Å²) in [6.07, 6.45) is 3.00. The third-order valence-corrected chi connectivity index (χ3v) is 4.92. The number of likely N-dealkylation sites (tertiary alicyclic amines) is 1. The molecule has 1 saturated heterocycles. The molecule has 1 heterocycles. The van der Waals surface area contributed by atoms with E-state index in [0.29, 0.717) is 18.7 Å². The first-order valence-corrected chi connectivity index (χ1v) is 9.51. The van der Waals surface area contributed by atoms with E-state index >= 15 is 0 Å². The lowest BCUT2D eigenvalue weighted by Crippen LogP contribution is -2.43. The van der Waals surface area contributed by atoms with Crippen molar-refractivity contribution in [3.8, 4) is 11.1 Å². The van der Waals surface area contributed by atoms with Crippen molar-refractivity contribution < 1.29 is 14.0 Å². The van der Waals surface area contributed by atoms with Crippen LogP contribution in [-0.4, -0.2) is 29.8 Å². The Hall–Kier alpha value is -2.69. The molecule has 0 aliphatic carbocycles. The second-order valence-electron chi connectivity index (χ2n) is 7.01. The first-order valence-electron chi connectivity index (χ1n) is 9.51. The van der Waals surface area contributed by atoms with E-state index in [-0.39, 0.29) is 23.5 Å². The number of halogens is 1.